The Kier molecular flexibility index (Phi) is 6.98. The molecule has 11 heteroatoms. The lowest BCUT2D eigenvalue weighted by Crippen LogP contribution is -2.36. The number of aromatic nitrogens is 1. The van der Waals surface area contributed by atoms with Crippen molar-refractivity contribution < 1.29 is 31.1 Å². The van der Waals surface area contributed by atoms with Crippen molar-refractivity contribution in [1.29, 1.82) is 0 Å². The third-order valence-corrected chi connectivity index (χ3v) is 7.78. The van der Waals surface area contributed by atoms with Crippen molar-refractivity contribution in [1.82, 2.24) is 9.47 Å². The summed E-state index contributed by atoms with van der Waals surface area (Å²) >= 11 is 1.59. The minimum atomic E-state index is -5.02. The summed E-state index contributed by atoms with van der Waals surface area (Å²) in [5.74, 6) is -0.203. The molecule has 2 heterocycles. The summed E-state index contributed by atoms with van der Waals surface area (Å²) in [4.78, 5) is 29.6. The van der Waals surface area contributed by atoms with Gasteiger partial charge in [0.25, 0.3) is 11.5 Å². The highest BCUT2D eigenvalue weighted by atomic mass is 32.2. The quantitative estimate of drug-likeness (QED) is 0.238. The Morgan fingerprint density at radius 2 is 1.60 bits per heavy atom. The summed E-state index contributed by atoms with van der Waals surface area (Å²) < 4.78 is 81.9. The van der Waals surface area contributed by atoms with Crippen LogP contribution in [0.3, 0.4) is 0 Å². The Morgan fingerprint density at radius 3 is 2.23 bits per heavy atom. The Balaban J connectivity index is 1.67. The van der Waals surface area contributed by atoms with Gasteiger partial charge in [0.05, 0.1) is 16.6 Å². The molecule has 40 heavy (non-hydrogen) atoms. The third-order valence-electron chi connectivity index (χ3n) is 6.75. The van der Waals surface area contributed by atoms with Crippen LogP contribution < -0.4 is 5.56 Å². The number of benzene rings is 3. The van der Waals surface area contributed by atoms with Crippen LogP contribution in [0.5, 0.6) is 0 Å². The summed E-state index contributed by atoms with van der Waals surface area (Å²) in [5, 5.41) is 0.657. The van der Waals surface area contributed by atoms with E-state index in [4.69, 9.17) is 0 Å². The highest BCUT2D eigenvalue weighted by molar-refractivity contribution is 7.99. The van der Waals surface area contributed by atoms with E-state index in [-0.39, 0.29) is 17.2 Å². The van der Waals surface area contributed by atoms with E-state index < -0.39 is 41.5 Å². The van der Waals surface area contributed by atoms with Gasteiger partial charge in [-0.15, -0.1) is 11.8 Å². The zero-order valence-corrected chi connectivity index (χ0v) is 22.1. The second-order valence-electron chi connectivity index (χ2n) is 9.65. The minimum Gasteiger partial charge on any atom is -0.337 e. The van der Waals surface area contributed by atoms with E-state index in [1.54, 1.807) is 30.0 Å². The fourth-order valence-electron chi connectivity index (χ4n) is 5.00. The molecular weight excluding hydrogens is 554 g/mol. The van der Waals surface area contributed by atoms with Gasteiger partial charge in [0.1, 0.15) is 5.56 Å². The smallest absolute Gasteiger partial charge is 0.337 e. The van der Waals surface area contributed by atoms with Gasteiger partial charge in [-0.1, -0.05) is 42.0 Å². The molecule has 1 aromatic heterocycles. The van der Waals surface area contributed by atoms with Gasteiger partial charge in [0.2, 0.25) is 0 Å². The first-order valence-corrected chi connectivity index (χ1v) is 13.2. The zero-order valence-electron chi connectivity index (χ0n) is 21.3. The SMILES string of the molecule is Cc1cccc(-c2c(C(=O)N(C)Cc3cc(C(F)(F)F)cc(C(F)(F)F)c3)c(=O)n3c4c(cccc24)SCC3)c1. The van der Waals surface area contributed by atoms with Crippen LogP contribution in [-0.2, 0) is 25.4 Å². The van der Waals surface area contributed by atoms with Gasteiger partial charge in [-0.25, -0.2) is 0 Å². The van der Waals surface area contributed by atoms with Crippen molar-refractivity contribution in [2.45, 2.75) is 37.3 Å². The summed E-state index contributed by atoms with van der Waals surface area (Å²) in [6.45, 7) is 1.63. The van der Waals surface area contributed by atoms with Crippen molar-refractivity contribution >= 4 is 28.6 Å². The molecule has 1 aliphatic heterocycles. The number of alkyl halides is 6. The van der Waals surface area contributed by atoms with E-state index in [0.29, 0.717) is 46.5 Å². The highest BCUT2D eigenvalue weighted by Gasteiger charge is 2.37. The lowest BCUT2D eigenvalue weighted by molar-refractivity contribution is -0.143. The first-order valence-electron chi connectivity index (χ1n) is 12.2. The largest absolute Gasteiger partial charge is 0.416 e. The van der Waals surface area contributed by atoms with E-state index in [1.165, 1.54) is 11.6 Å². The number of halogens is 6. The molecule has 0 saturated carbocycles. The lowest BCUT2D eigenvalue weighted by Gasteiger charge is -2.25. The highest BCUT2D eigenvalue weighted by Crippen LogP contribution is 2.39. The van der Waals surface area contributed by atoms with E-state index in [1.807, 2.05) is 31.2 Å². The molecule has 0 atom stereocenters. The Hall–Kier alpha value is -3.73. The van der Waals surface area contributed by atoms with Gasteiger partial charge in [-0.05, 0) is 42.3 Å². The van der Waals surface area contributed by atoms with Crippen LogP contribution in [0, 0.1) is 6.92 Å². The van der Waals surface area contributed by atoms with Crippen LogP contribution in [0.15, 0.2) is 70.4 Å². The molecule has 5 rings (SSSR count). The molecule has 4 aromatic rings. The number of nitrogens with zero attached hydrogens (tertiary/aromatic N) is 2. The molecule has 208 valence electrons. The Labute approximate surface area is 229 Å². The number of amides is 1. The molecule has 0 spiro atoms. The van der Waals surface area contributed by atoms with Gasteiger partial charge in [-0.3, -0.25) is 9.59 Å². The monoisotopic (exact) mass is 576 g/mol. The second-order valence-corrected chi connectivity index (χ2v) is 10.8. The van der Waals surface area contributed by atoms with Crippen molar-refractivity contribution in [3.8, 4) is 11.1 Å². The fraction of sp³-hybridized carbons (Fsp3) is 0.241. The number of carbonyl (C=O) groups excluding carboxylic acids is 1. The van der Waals surface area contributed by atoms with Crippen molar-refractivity contribution in [3.63, 3.8) is 0 Å². The van der Waals surface area contributed by atoms with Crippen LogP contribution in [-0.4, -0.2) is 28.2 Å². The van der Waals surface area contributed by atoms with Gasteiger partial charge in [-0.2, -0.15) is 26.3 Å². The molecule has 1 aliphatic rings. The number of pyridine rings is 1. The van der Waals surface area contributed by atoms with Crippen molar-refractivity contribution in [3.05, 3.63) is 98.8 Å². The maximum absolute atomic E-state index is 13.9. The Morgan fingerprint density at radius 1 is 0.950 bits per heavy atom. The van der Waals surface area contributed by atoms with E-state index in [9.17, 15) is 35.9 Å². The number of rotatable bonds is 4. The third kappa shape index (κ3) is 5.10. The molecule has 0 unspecified atom stereocenters. The fourth-order valence-corrected chi connectivity index (χ4v) is 6.03. The van der Waals surface area contributed by atoms with Gasteiger partial charge in [0, 0.05) is 41.7 Å². The number of carbonyl (C=O) groups is 1. The summed E-state index contributed by atoms with van der Waals surface area (Å²) in [7, 11) is 1.25. The predicted molar refractivity (Wildman–Crippen MR) is 141 cm³/mol. The van der Waals surface area contributed by atoms with Gasteiger partial charge in [0.15, 0.2) is 0 Å². The van der Waals surface area contributed by atoms with Crippen LogP contribution in [0.2, 0.25) is 0 Å². The standard InChI is InChI=1S/C29H22F6N2O2S/c1-16-5-3-6-18(11-16)23-21-7-4-8-22-25(21)37(9-10-40-22)27(39)24(23)26(38)36(2)15-17-12-19(28(30,31)32)14-20(13-17)29(33,34)35/h3-8,11-14H,9-10,15H2,1-2H3. The molecule has 4 nitrogen and oxygen atoms in total. The van der Waals surface area contributed by atoms with Gasteiger partial charge >= 0.3 is 12.4 Å². The average molecular weight is 577 g/mol. The number of para-hydroxylation sites is 1. The van der Waals surface area contributed by atoms with Gasteiger partial charge < -0.3 is 9.47 Å². The first kappa shape index (κ1) is 27.8. The summed E-state index contributed by atoms with van der Waals surface area (Å²) in [6.07, 6.45) is -10.0. The molecule has 3 aromatic carbocycles. The average Bonchev–Trinajstić information content (AvgIpc) is 2.89. The van der Waals surface area contributed by atoms with Crippen molar-refractivity contribution in [2.24, 2.45) is 0 Å². The van der Waals surface area contributed by atoms with Crippen LogP contribution in [0.4, 0.5) is 26.3 Å². The molecule has 1 amide bonds. The number of thioether (sulfide) groups is 1. The topological polar surface area (TPSA) is 42.3 Å². The molecule has 0 N–H and O–H groups in total. The summed E-state index contributed by atoms with van der Waals surface area (Å²) in [5.41, 5.74) is -1.52. The number of hydrogen-bond donors (Lipinski definition) is 0. The second kappa shape index (κ2) is 10.0. The maximum Gasteiger partial charge on any atom is 0.416 e. The van der Waals surface area contributed by atoms with E-state index in [2.05, 4.69) is 0 Å². The normalized spacial score (nSPS) is 13.5. The molecular formula is C29H22F6N2O2S. The molecule has 0 aliphatic carbocycles. The van der Waals surface area contributed by atoms with E-state index in [0.717, 1.165) is 15.4 Å². The van der Waals surface area contributed by atoms with Crippen LogP contribution in [0.1, 0.15) is 32.6 Å². The Bertz CT molecular complexity index is 1680. The van der Waals surface area contributed by atoms with E-state index >= 15 is 0 Å². The minimum absolute atomic E-state index is 0.0389. The van der Waals surface area contributed by atoms with Crippen LogP contribution in [0.25, 0.3) is 22.0 Å². The number of hydrogen-bond acceptors (Lipinski definition) is 3. The summed E-state index contributed by atoms with van der Waals surface area (Å²) in [6, 6.07) is 13.9. The van der Waals surface area contributed by atoms with Crippen molar-refractivity contribution in [2.75, 3.05) is 12.8 Å². The zero-order chi connectivity index (χ0) is 29.0. The molecule has 0 bridgehead atoms. The van der Waals surface area contributed by atoms with Crippen LogP contribution >= 0.6 is 11.8 Å². The lowest BCUT2D eigenvalue weighted by atomic mass is 9.94. The molecule has 0 fully saturated rings. The molecule has 0 saturated heterocycles. The number of aryl methyl sites for hydroxylation is 2. The predicted octanol–water partition coefficient (Wildman–Crippen LogP) is 7.39. The first-order chi connectivity index (χ1) is 18.8. The molecule has 0 radical (unpaired) electrons. The maximum atomic E-state index is 13.9.